The third kappa shape index (κ3) is 11.4. The highest BCUT2D eigenvalue weighted by molar-refractivity contribution is 6.28. The van der Waals surface area contributed by atoms with Crippen LogP contribution in [0.5, 0.6) is 0 Å². The van der Waals surface area contributed by atoms with Crippen molar-refractivity contribution in [3.63, 3.8) is 0 Å². The maximum absolute atomic E-state index is 6.35. The van der Waals surface area contributed by atoms with E-state index in [2.05, 4.69) is 181 Å². The molecule has 9 aromatic carbocycles. The summed E-state index contributed by atoms with van der Waals surface area (Å²) in [6.07, 6.45) is 8.55. The van der Waals surface area contributed by atoms with Crippen molar-refractivity contribution >= 4 is 88.4 Å². The predicted molar refractivity (Wildman–Crippen MR) is 323 cm³/mol. The molecule has 10 aromatic rings. The minimum absolute atomic E-state index is 0.240. The summed E-state index contributed by atoms with van der Waals surface area (Å²) in [5, 5.41) is 9.45. The van der Waals surface area contributed by atoms with Crippen LogP contribution in [0.4, 0.5) is 34.1 Å². The van der Waals surface area contributed by atoms with Gasteiger partial charge in [0.25, 0.3) is 0 Å². The molecule has 0 N–H and O–H groups in total. The quantitative estimate of drug-likeness (QED) is 0.0352. The highest BCUT2D eigenvalue weighted by Crippen LogP contribution is 2.48. The van der Waals surface area contributed by atoms with Gasteiger partial charge in [0.15, 0.2) is 0 Å². The average molecular weight is 1060 g/mol. The summed E-state index contributed by atoms with van der Waals surface area (Å²) in [4.78, 5) is 4.80. The third-order valence-electron chi connectivity index (χ3n) is 16.8. The highest BCUT2D eigenvalue weighted by Gasteiger charge is 2.38. The summed E-state index contributed by atoms with van der Waals surface area (Å²) in [7, 11) is 0. The second-order valence-corrected chi connectivity index (χ2v) is 22.2. The lowest BCUT2D eigenvalue weighted by molar-refractivity contribution is -0.150. The smallest absolute Gasteiger partial charge is 0.135 e. The predicted octanol–water partition coefficient (Wildman–Crippen LogP) is 17.7. The molecule has 0 amide bonds. The monoisotopic (exact) mass is 1050 g/mol. The molecular formula is C70H74N2O7. The van der Waals surface area contributed by atoms with Crippen molar-refractivity contribution in [2.45, 2.75) is 78.4 Å². The van der Waals surface area contributed by atoms with E-state index in [4.69, 9.17) is 32.8 Å². The van der Waals surface area contributed by atoms with Crippen molar-refractivity contribution < 1.29 is 32.8 Å². The molecule has 9 nitrogen and oxygen atoms in total. The van der Waals surface area contributed by atoms with Gasteiger partial charge in [-0.3, -0.25) is 0 Å². The molecule has 0 aliphatic carbocycles. The highest BCUT2D eigenvalue weighted by atomic mass is 16.5. The molecule has 9 heteroatoms. The van der Waals surface area contributed by atoms with Crippen LogP contribution in [-0.2, 0) is 41.6 Å². The molecule has 12 rings (SSSR count). The number of ether oxygens (including phenoxy) is 6. The Morgan fingerprint density at radius 3 is 1.34 bits per heavy atom. The zero-order valence-corrected chi connectivity index (χ0v) is 46.1. The molecule has 0 bridgehead atoms. The van der Waals surface area contributed by atoms with Gasteiger partial charge in [-0.15, -0.1) is 0 Å². The van der Waals surface area contributed by atoms with Gasteiger partial charge >= 0.3 is 0 Å². The van der Waals surface area contributed by atoms with Crippen molar-refractivity contribution in [3.8, 4) is 0 Å². The molecule has 0 radical (unpaired) electrons. The van der Waals surface area contributed by atoms with Crippen LogP contribution in [0.3, 0.4) is 0 Å². The van der Waals surface area contributed by atoms with Crippen molar-refractivity contribution in [3.05, 3.63) is 181 Å². The average Bonchev–Trinajstić information content (AvgIpc) is 3.97. The number of furan rings is 1. The van der Waals surface area contributed by atoms with E-state index in [1.165, 1.54) is 32.3 Å². The van der Waals surface area contributed by atoms with Crippen molar-refractivity contribution in [1.29, 1.82) is 0 Å². The van der Waals surface area contributed by atoms with E-state index in [-0.39, 0.29) is 10.8 Å². The van der Waals surface area contributed by atoms with Crippen LogP contribution in [0.2, 0.25) is 0 Å². The second-order valence-electron chi connectivity index (χ2n) is 22.2. The van der Waals surface area contributed by atoms with Gasteiger partial charge in [-0.25, -0.2) is 0 Å². The summed E-state index contributed by atoms with van der Waals surface area (Å²) in [5.74, 6) is 0. The first-order valence-corrected chi connectivity index (χ1v) is 28.9. The molecule has 1 aromatic heterocycles. The number of anilines is 6. The Morgan fingerprint density at radius 2 is 0.835 bits per heavy atom. The number of rotatable bonds is 28. The Hall–Kier alpha value is -6.82. The zero-order valence-electron chi connectivity index (χ0n) is 46.1. The van der Waals surface area contributed by atoms with Crippen molar-refractivity contribution in [2.75, 3.05) is 75.9 Å². The van der Waals surface area contributed by atoms with E-state index in [1.54, 1.807) is 0 Å². The maximum atomic E-state index is 6.35. The molecule has 0 saturated carbocycles. The lowest BCUT2D eigenvalue weighted by Gasteiger charge is -2.40. The van der Waals surface area contributed by atoms with E-state index in [1.807, 2.05) is 12.1 Å². The summed E-state index contributed by atoms with van der Waals surface area (Å²) in [6, 6.07) is 61.8. The largest absolute Gasteiger partial charge is 0.456 e. The first kappa shape index (κ1) is 52.9. The number of hydrogen-bond donors (Lipinski definition) is 0. The molecule has 2 saturated heterocycles. The molecule has 79 heavy (non-hydrogen) atoms. The van der Waals surface area contributed by atoms with Crippen LogP contribution >= 0.6 is 0 Å². The normalized spacial score (nSPS) is 14.9. The van der Waals surface area contributed by atoms with Gasteiger partial charge in [0.2, 0.25) is 0 Å². The van der Waals surface area contributed by atoms with Gasteiger partial charge in [-0.05, 0) is 157 Å². The van der Waals surface area contributed by atoms with Crippen molar-refractivity contribution in [2.24, 2.45) is 10.8 Å². The molecule has 0 atom stereocenters. The van der Waals surface area contributed by atoms with Crippen LogP contribution in [0.15, 0.2) is 174 Å². The minimum Gasteiger partial charge on any atom is -0.456 e. The fourth-order valence-electron chi connectivity index (χ4n) is 11.6. The topological polar surface area (TPSA) is 75.0 Å². The van der Waals surface area contributed by atoms with Gasteiger partial charge in [0.1, 0.15) is 11.2 Å². The molecule has 406 valence electrons. The van der Waals surface area contributed by atoms with E-state index in [0.717, 1.165) is 185 Å². The van der Waals surface area contributed by atoms with E-state index in [0.29, 0.717) is 13.2 Å². The summed E-state index contributed by atoms with van der Waals surface area (Å²) in [6.45, 7) is 13.6. The lowest BCUT2D eigenvalue weighted by Crippen LogP contribution is -2.45. The Labute approximate surface area is 465 Å². The standard InChI is InChI=1S/C70H74N2O7/c1-3-69(47-77-48-69)45-75-40-14-6-12-38-73-43-51-20-28-56(29-21-51)71(55-16-8-5-9-17-55)63-35-26-53-25-34-61-64(36-27-54-24-33-60(63)67(53)68(54)61)72(58-32-37-66-62(42-58)59-18-10-11-19-65(59)79-66)57-30-22-52(23-31-57)44-74-39-13-7-15-41-76-46-70(4-2)49-78-50-70/h5,8-11,16-37,42H,3-4,6-7,12-15,38-41,43-50H2,1-2H3. The first-order valence-electron chi connectivity index (χ1n) is 28.9. The third-order valence-corrected chi connectivity index (χ3v) is 16.8. The SMILES string of the molecule is CCC1(COCCCCCOCc2ccc(N(c3ccccc3)c3ccc4ccc5c(N(c6ccc(COCCCCCOCC7(CC)COC7)cc6)c6ccc7oc8ccccc8c7c6)ccc6ccc3c4c65)cc2)COC1. The number of unbranched alkanes of at least 4 members (excludes halogenated alkanes) is 4. The first-order chi connectivity index (χ1) is 39.0. The van der Waals surface area contributed by atoms with E-state index >= 15 is 0 Å². The lowest BCUT2D eigenvalue weighted by atomic mass is 9.84. The number of benzene rings is 9. The minimum atomic E-state index is 0.240. The molecular weight excluding hydrogens is 981 g/mol. The molecule has 2 aliphatic rings. The summed E-state index contributed by atoms with van der Waals surface area (Å²) < 4.78 is 41.7. The summed E-state index contributed by atoms with van der Waals surface area (Å²) >= 11 is 0. The van der Waals surface area contributed by atoms with Gasteiger partial charge in [-0.1, -0.05) is 111 Å². The molecule has 2 fully saturated rings. The van der Waals surface area contributed by atoms with Crippen LogP contribution in [0.1, 0.15) is 76.3 Å². The van der Waals surface area contributed by atoms with Crippen LogP contribution < -0.4 is 9.80 Å². The van der Waals surface area contributed by atoms with E-state index < -0.39 is 0 Å². The molecule has 3 heterocycles. The van der Waals surface area contributed by atoms with Crippen molar-refractivity contribution in [1.82, 2.24) is 0 Å². The second kappa shape index (κ2) is 24.3. The Morgan fingerprint density at radius 1 is 0.392 bits per heavy atom. The molecule has 0 spiro atoms. The number of fused-ring (bicyclic) bond motifs is 3. The fraction of sp³-hybridized carbons (Fsp3) is 0.343. The van der Waals surface area contributed by atoms with Crippen LogP contribution in [-0.4, -0.2) is 66.1 Å². The Balaban J connectivity index is 0.796. The number of nitrogens with zero attached hydrogens (tertiary/aromatic N) is 2. The number of para-hydroxylation sites is 2. The van der Waals surface area contributed by atoms with Gasteiger partial charge in [-0.2, -0.15) is 0 Å². The van der Waals surface area contributed by atoms with Gasteiger partial charge in [0.05, 0.1) is 64.2 Å². The summed E-state index contributed by atoms with van der Waals surface area (Å²) in [5.41, 5.74) is 11.1. The Bertz CT molecular complexity index is 3580. The maximum Gasteiger partial charge on any atom is 0.135 e. The van der Waals surface area contributed by atoms with Gasteiger partial charge < -0.3 is 42.6 Å². The van der Waals surface area contributed by atoms with Crippen LogP contribution in [0.25, 0.3) is 54.3 Å². The fourth-order valence-corrected chi connectivity index (χ4v) is 11.6. The van der Waals surface area contributed by atoms with Crippen LogP contribution in [0, 0.1) is 10.8 Å². The zero-order chi connectivity index (χ0) is 53.4. The molecule has 0 unspecified atom stereocenters. The van der Waals surface area contributed by atoms with E-state index in [9.17, 15) is 0 Å². The van der Waals surface area contributed by atoms with Gasteiger partial charge in [0, 0.05) is 81.6 Å². The Kier molecular flexibility index (Phi) is 16.2. The molecule has 2 aliphatic heterocycles. The number of hydrogen-bond acceptors (Lipinski definition) is 9.